The minimum Gasteiger partial charge on any atom is -0.425 e. The highest BCUT2D eigenvalue weighted by atomic mass is 16.5. The van der Waals surface area contributed by atoms with Crippen LogP contribution in [0.2, 0.25) is 0 Å². The van der Waals surface area contributed by atoms with Crippen molar-refractivity contribution in [1.82, 2.24) is 19.9 Å². The first kappa shape index (κ1) is 60.3. The number of hydrogen-bond acceptors (Lipinski definition) is 12. The Hall–Kier alpha value is -13.3. The van der Waals surface area contributed by atoms with Crippen LogP contribution >= 0.6 is 0 Å². The molecule has 0 spiro atoms. The van der Waals surface area contributed by atoms with Crippen LogP contribution in [0, 0.1) is 34.6 Å². The van der Waals surface area contributed by atoms with Gasteiger partial charge in [-0.25, -0.2) is 18.3 Å². The average Bonchev–Trinajstić information content (AvgIpc) is 1.58. The average molecular weight is 1400 g/mol. The first-order valence-electron chi connectivity index (χ1n) is 37.0. The third kappa shape index (κ3) is 10.7. The third-order valence-corrected chi connectivity index (χ3v) is 20.0. The van der Waals surface area contributed by atoms with E-state index in [0.29, 0.717) is 34.5 Å². The predicted molar refractivity (Wildman–Crippen MR) is 415 cm³/mol. The van der Waals surface area contributed by atoms with Crippen molar-refractivity contribution in [1.29, 1.82) is 0 Å². The minimum atomic E-state index is -2.51. The lowest BCUT2D eigenvalue weighted by Gasteiger charge is -2.06. The molecule has 0 aliphatic rings. The Morgan fingerprint density at radius 2 is 0.679 bits per heavy atom. The highest BCUT2D eigenvalue weighted by Crippen LogP contribution is 2.46. The van der Waals surface area contributed by atoms with Crippen molar-refractivity contribution in [3.63, 3.8) is 0 Å². The van der Waals surface area contributed by atoms with Gasteiger partial charge in [-0.3, -0.25) is 0 Å². The molecule has 21 rings (SSSR count). The first-order valence-corrected chi connectivity index (χ1v) is 35.0. The van der Waals surface area contributed by atoms with E-state index in [0.717, 1.165) is 183 Å². The molecule has 0 radical (unpaired) electrons. The van der Waals surface area contributed by atoms with Crippen LogP contribution in [0.3, 0.4) is 0 Å². The van der Waals surface area contributed by atoms with Gasteiger partial charge >= 0.3 is 23.3 Å². The van der Waals surface area contributed by atoms with E-state index in [4.69, 9.17) is 50.8 Å². The molecule has 0 amide bonds. The van der Waals surface area contributed by atoms with Crippen LogP contribution in [0.25, 0.3) is 189 Å². The number of fused-ring (bicyclic) bond motifs is 20. The van der Waals surface area contributed by atoms with Gasteiger partial charge in [0.25, 0.3) is 23.1 Å². The van der Waals surface area contributed by atoms with Gasteiger partial charge in [0.1, 0.15) is 50.8 Å². The van der Waals surface area contributed by atoms with Gasteiger partial charge in [-0.2, -0.15) is 0 Å². The zero-order chi connectivity index (χ0) is 75.8. The van der Waals surface area contributed by atoms with Gasteiger partial charge in [0, 0.05) is 91.2 Å². The molecule has 0 fully saturated rings. The summed E-state index contributed by atoms with van der Waals surface area (Å²) in [5, 5.41) is 12.2. The summed E-state index contributed by atoms with van der Waals surface area (Å²) >= 11 is 0. The quantitative estimate of drug-likeness (QED) is 0.144. The second kappa shape index (κ2) is 25.6. The number of aryl methyl sites for hydroxylation is 9. The molecule has 12 aromatic heterocycles. The molecule has 516 valence electrons. The number of aromatic nitrogens is 8. The SMILES string of the molecule is Cc1cc[n+](C)c(-c2c(C)ccc3c2oc2oc4ccccc4c23)n1.Cc1ccc2c(oc3oc4ccccc4c32)c1-c1nc(-c2ccccc2)cc[n+]1C.Cc1ccc2c(oc3oc4ccccc4c32)c1-c1nccc[n+]1C.[2H]C([2H])([2H])C([2H])(C)c1cc[n+](C)c(-c2c(C)ccc3c2oc2oc4ccccc4c23)n1. The first-order chi connectivity index (χ1) is 53.2. The molecular formula is C90H72N8O8+4. The number of nitrogens with zero attached hydrogens (tertiary/aromatic N) is 8. The molecule has 106 heavy (non-hydrogen) atoms. The van der Waals surface area contributed by atoms with Gasteiger partial charge in [-0.05, 0) is 94.2 Å². The molecule has 1 atom stereocenters. The lowest BCUT2D eigenvalue weighted by Crippen LogP contribution is -2.32. The summed E-state index contributed by atoms with van der Waals surface area (Å²) in [6, 6.07) is 66.3. The summed E-state index contributed by atoms with van der Waals surface area (Å²) in [6.45, 7) is 9.06. The zero-order valence-corrected chi connectivity index (χ0v) is 59.8. The van der Waals surface area contributed by atoms with Gasteiger partial charge in [-0.15, -0.1) is 0 Å². The minimum absolute atomic E-state index is 0.178. The Morgan fingerprint density at radius 3 is 1.08 bits per heavy atom. The van der Waals surface area contributed by atoms with Crippen LogP contribution in [0.15, 0.2) is 267 Å². The van der Waals surface area contributed by atoms with Crippen molar-refractivity contribution in [3.8, 4) is 56.8 Å². The monoisotopic (exact) mass is 1400 g/mol. The van der Waals surface area contributed by atoms with E-state index in [9.17, 15) is 0 Å². The number of hydrogen-bond donors (Lipinski definition) is 0. The van der Waals surface area contributed by atoms with Crippen molar-refractivity contribution in [2.45, 2.75) is 54.3 Å². The second-order valence-corrected chi connectivity index (χ2v) is 27.0. The molecule has 0 saturated carbocycles. The Labute approximate surface area is 612 Å². The fourth-order valence-corrected chi connectivity index (χ4v) is 14.7. The zero-order valence-electron chi connectivity index (χ0n) is 63.8. The maximum absolute atomic E-state index is 8.45. The molecule has 16 heteroatoms. The van der Waals surface area contributed by atoms with E-state index in [-0.39, 0.29) is 5.69 Å². The summed E-state index contributed by atoms with van der Waals surface area (Å²) in [7, 11) is 7.84. The largest absolute Gasteiger partial charge is 0.425 e. The normalized spacial score (nSPS) is 13.0. The Morgan fingerprint density at radius 1 is 0.330 bits per heavy atom. The van der Waals surface area contributed by atoms with E-state index >= 15 is 0 Å². The summed E-state index contributed by atoms with van der Waals surface area (Å²) in [5.74, 6) is 3.45. The molecule has 0 saturated heterocycles. The van der Waals surface area contributed by atoms with Crippen molar-refractivity contribution in [2.75, 3.05) is 0 Å². The predicted octanol–water partition coefficient (Wildman–Crippen LogP) is 21.2. The third-order valence-electron chi connectivity index (χ3n) is 20.0. The molecule has 0 aliphatic carbocycles. The van der Waals surface area contributed by atoms with Crippen molar-refractivity contribution >= 4 is 132 Å². The van der Waals surface area contributed by atoms with Crippen LogP contribution in [0.1, 0.15) is 58.8 Å². The van der Waals surface area contributed by atoms with E-state index in [1.54, 1.807) is 18.5 Å². The van der Waals surface area contributed by atoms with Gasteiger partial charge < -0.3 is 35.3 Å². The van der Waals surface area contributed by atoms with Gasteiger partial charge in [0.2, 0.25) is 0 Å². The number of para-hydroxylation sites is 4. The maximum atomic E-state index is 8.45. The highest BCUT2D eigenvalue weighted by molar-refractivity contribution is 6.23. The lowest BCUT2D eigenvalue weighted by atomic mass is 10.0. The van der Waals surface area contributed by atoms with Crippen LogP contribution in [-0.4, -0.2) is 19.9 Å². The Kier molecular flexibility index (Phi) is 14.5. The fraction of sp³-hybridized carbons (Fsp3) is 0.133. The summed E-state index contributed by atoms with van der Waals surface area (Å²) < 4.78 is 88.2. The maximum Gasteiger partial charge on any atom is 0.334 e. The smallest absolute Gasteiger partial charge is 0.334 e. The fourth-order valence-electron chi connectivity index (χ4n) is 14.7. The molecule has 0 aliphatic heterocycles. The molecule has 0 N–H and O–H groups in total. The van der Waals surface area contributed by atoms with E-state index in [1.807, 2.05) is 206 Å². The van der Waals surface area contributed by atoms with E-state index in [2.05, 4.69) is 97.5 Å². The van der Waals surface area contributed by atoms with Gasteiger partial charge in [-0.1, -0.05) is 165 Å². The van der Waals surface area contributed by atoms with Crippen molar-refractivity contribution in [2.24, 2.45) is 28.2 Å². The van der Waals surface area contributed by atoms with Crippen molar-refractivity contribution < 1.29 is 59.1 Å². The molecule has 0 bridgehead atoms. The summed E-state index contributed by atoms with van der Waals surface area (Å²) in [4.78, 5) is 18.9. The molecule has 21 aromatic rings. The van der Waals surface area contributed by atoms with Crippen LogP contribution in [0.4, 0.5) is 0 Å². The Balaban J connectivity index is 0.000000103. The number of furan rings is 8. The van der Waals surface area contributed by atoms with Gasteiger partial charge in [0.15, 0.2) is 39.4 Å². The van der Waals surface area contributed by atoms with Crippen molar-refractivity contribution in [3.05, 3.63) is 265 Å². The topological polar surface area (TPSA) is 172 Å². The second-order valence-electron chi connectivity index (χ2n) is 27.0. The number of benzene rings is 9. The van der Waals surface area contributed by atoms with Crippen LogP contribution in [0.5, 0.6) is 0 Å². The molecule has 16 nitrogen and oxygen atoms in total. The van der Waals surface area contributed by atoms with Crippen LogP contribution in [-0.2, 0) is 28.2 Å². The molecular weight excluding hydrogens is 1320 g/mol. The van der Waals surface area contributed by atoms with E-state index in [1.165, 1.54) is 6.92 Å². The molecule has 12 heterocycles. The summed E-state index contributed by atoms with van der Waals surface area (Å²) in [6.07, 6.45) is 9.60. The standard InChI is InChI=1S/C26H19N2O2.C23H21N2O2.C21H17N2O2.C20H15N2O2/c1-16-12-13-19-23-18-10-6-7-11-21(18)29-26(23)30-24(19)22(16)25-27-20(14-15-28(25)2)17-8-4-3-5-9-17;1-13(2)17-11-12-25(4)22(24-17)19-14(3)9-10-16-20-15-7-5-6-8-18(15)26-23(20)27-21(16)19;1-12-8-9-15-18-14-6-4-5-7-16(14)24-21(18)25-19(15)17(12)20-22-13(2)10-11-23(20)3;1-12-8-9-14-17-13-6-3-4-7-15(13)23-20(17)24-18(14)16(12)19-21-10-5-11-22(19)2/h3-15H,1-2H3;5-13H,1-4H3;4-11H,1-3H3;3-11H,1-2H3/q4*+1/i;1D3,13D;;. The molecule has 9 aromatic carbocycles. The number of rotatable bonds is 6. The lowest BCUT2D eigenvalue weighted by molar-refractivity contribution is -0.663. The highest BCUT2D eigenvalue weighted by Gasteiger charge is 2.31. The summed E-state index contributed by atoms with van der Waals surface area (Å²) in [5.41, 5.74) is 17.6. The Bertz CT molecular complexity index is 7270. The molecule has 1 unspecified atom stereocenters. The van der Waals surface area contributed by atoms with Crippen LogP contribution < -0.4 is 18.3 Å². The van der Waals surface area contributed by atoms with Gasteiger partial charge in [0.05, 0.1) is 74.5 Å². The van der Waals surface area contributed by atoms with E-state index < -0.39 is 12.7 Å².